The Morgan fingerprint density at radius 3 is 2.44 bits per heavy atom. The van der Waals surface area contributed by atoms with Crippen LogP contribution in [0.5, 0.6) is 0 Å². The molecule has 0 aliphatic rings. The van der Waals surface area contributed by atoms with Crippen molar-refractivity contribution in [3.8, 4) is 0 Å². The molecule has 0 radical (unpaired) electrons. The second-order valence-corrected chi connectivity index (χ2v) is 5.37. The van der Waals surface area contributed by atoms with Crippen LogP contribution < -0.4 is 5.32 Å². The molecule has 2 aromatic carbocycles. The molecule has 25 heavy (non-hydrogen) atoms. The molecule has 0 aliphatic heterocycles. The average molecular weight is 335 g/mol. The third-order valence-electron chi connectivity index (χ3n) is 3.82. The summed E-state index contributed by atoms with van der Waals surface area (Å²) in [5, 5.41) is 2.63. The van der Waals surface area contributed by atoms with E-state index in [2.05, 4.69) is 10.3 Å². The van der Waals surface area contributed by atoms with Gasteiger partial charge in [0, 0.05) is 18.8 Å². The van der Waals surface area contributed by atoms with E-state index in [4.69, 9.17) is 4.74 Å². The second-order valence-electron chi connectivity index (χ2n) is 5.37. The first-order chi connectivity index (χ1) is 12.1. The highest BCUT2D eigenvalue weighted by Crippen LogP contribution is 2.20. The van der Waals surface area contributed by atoms with Crippen LogP contribution in [0.2, 0.25) is 0 Å². The Bertz CT molecular complexity index is 958. The van der Waals surface area contributed by atoms with Crippen molar-refractivity contribution in [2.45, 2.75) is 0 Å². The summed E-state index contributed by atoms with van der Waals surface area (Å²) in [6.45, 7) is 0. The van der Waals surface area contributed by atoms with Gasteiger partial charge in [0.2, 0.25) is 0 Å². The molecular weight excluding hydrogens is 318 g/mol. The number of rotatable bonds is 4. The molecule has 1 amide bonds. The highest BCUT2D eigenvalue weighted by Gasteiger charge is 2.20. The van der Waals surface area contributed by atoms with Gasteiger partial charge in [-0.3, -0.25) is 4.79 Å². The summed E-state index contributed by atoms with van der Waals surface area (Å²) < 4.78 is 6.63. The Balaban J connectivity index is 1.98. The fourth-order valence-corrected chi connectivity index (χ4v) is 2.52. The van der Waals surface area contributed by atoms with Gasteiger partial charge in [-0.15, -0.1) is 0 Å². The Morgan fingerprint density at radius 2 is 1.76 bits per heavy atom. The molecule has 3 rings (SSSR count). The third kappa shape index (κ3) is 3.28. The molecule has 1 heterocycles. The van der Waals surface area contributed by atoms with E-state index in [-0.39, 0.29) is 11.5 Å². The van der Waals surface area contributed by atoms with E-state index >= 15 is 0 Å². The van der Waals surface area contributed by atoms with E-state index in [0.29, 0.717) is 11.4 Å². The molecule has 6 nitrogen and oxygen atoms in total. The number of para-hydroxylation sites is 2. The van der Waals surface area contributed by atoms with Gasteiger partial charge in [-0.05, 0) is 24.3 Å². The molecule has 0 saturated heterocycles. The van der Waals surface area contributed by atoms with Crippen molar-refractivity contribution in [2.24, 2.45) is 7.05 Å². The molecule has 0 bridgehead atoms. The van der Waals surface area contributed by atoms with Gasteiger partial charge >= 0.3 is 5.97 Å². The number of esters is 1. The van der Waals surface area contributed by atoms with Gasteiger partial charge < -0.3 is 14.6 Å². The maximum atomic E-state index is 12.2. The summed E-state index contributed by atoms with van der Waals surface area (Å²) in [4.78, 5) is 28.9. The van der Waals surface area contributed by atoms with Crippen molar-refractivity contribution in [3.63, 3.8) is 0 Å². The van der Waals surface area contributed by atoms with Gasteiger partial charge in [-0.2, -0.15) is 0 Å². The Labute approximate surface area is 144 Å². The molecule has 126 valence electrons. The van der Waals surface area contributed by atoms with Crippen molar-refractivity contribution >= 4 is 28.5 Å². The minimum atomic E-state index is -0.577. The fraction of sp³-hybridized carbons (Fsp3) is 0.105. The molecule has 6 heteroatoms. The smallest absolute Gasteiger partial charge is 0.343 e. The molecule has 3 aromatic rings. The first-order valence-electron chi connectivity index (χ1n) is 7.68. The van der Waals surface area contributed by atoms with E-state index in [1.165, 1.54) is 13.3 Å². The van der Waals surface area contributed by atoms with Crippen LogP contribution in [-0.2, 0) is 16.6 Å². The summed E-state index contributed by atoms with van der Waals surface area (Å²) in [6, 6.07) is 16.3. The maximum absolute atomic E-state index is 12.2. The number of ether oxygens (including phenoxy) is 1. The normalized spacial score (nSPS) is 11.4. The van der Waals surface area contributed by atoms with Crippen LogP contribution >= 0.6 is 0 Å². The summed E-state index contributed by atoms with van der Waals surface area (Å²) in [5.41, 5.74) is 2.30. The van der Waals surface area contributed by atoms with E-state index in [1.54, 1.807) is 35.9 Å². The number of methoxy groups -OCH3 is 1. The highest BCUT2D eigenvalue weighted by atomic mass is 16.5. The number of nitrogens with zero attached hydrogens (tertiary/aromatic N) is 2. The maximum Gasteiger partial charge on any atom is 0.343 e. The average Bonchev–Trinajstić information content (AvgIpc) is 2.99. The molecular formula is C19H17N3O3. The van der Waals surface area contributed by atoms with E-state index in [9.17, 15) is 9.59 Å². The number of hydrogen-bond donors (Lipinski definition) is 1. The number of nitrogens with one attached hydrogen (secondary N) is 1. The Kier molecular flexibility index (Phi) is 4.61. The third-order valence-corrected chi connectivity index (χ3v) is 3.82. The van der Waals surface area contributed by atoms with Crippen LogP contribution in [0.25, 0.3) is 16.6 Å². The summed E-state index contributed by atoms with van der Waals surface area (Å²) in [6.07, 6.45) is 1.34. The van der Waals surface area contributed by atoms with Gasteiger partial charge in [0.05, 0.1) is 18.1 Å². The molecule has 0 spiro atoms. The standard InChI is InChI=1S/C19H17N3O3/c1-22-16-11-7-6-10-15(16)21-17(22)14(19(24)25-2)12-20-18(23)13-8-4-3-5-9-13/h3-12H,1-2H3,(H,20,23)/b14-12+. The zero-order valence-electron chi connectivity index (χ0n) is 13.9. The lowest BCUT2D eigenvalue weighted by molar-refractivity contribution is -0.133. The predicted octanol–water partition coefficient (Wildman–Crippen LogP) is 2.52. The Morgan fingerprint density at radius 1 is 1.08 bits per heavy atom. The molecule has 0 atom stereocenters. The molecule has 1 aromatic heterocycles. The number of fused-ring (bicyclic) bond motifs is 1. The number of carbonyl (C=O) groups excluding carboxylic acids is 2. The molecule has 0 unspecified atom stereocenters. The Hall–Kier alpha value is -3.41. The van der Waals surface area contributed by atoms with E-state index < -0.39 is 5.97 Å². The summed E-state index contributed by atoms with van der Waals surface area (Å²) in [5.74, 6) is -0.478. The lowest BCUT2D eigenvalue weighted by atomic mass is 10.2. The topological polar surface area (TPSA) is 73.2 Å². The lowest BCUT2D eigenvalue weighted by Crippen LogP contribution is -2.20. The van der Waals surface area contributed by atoms with Crippen LogP contribution in [0.15, 0.2) is 60.8 Å². The van der Waals surface area contributed by atoms with Gasteiger partial charge in [0.1, 0.15) is 11.4 Å². The largest absolute Gasteiger partial charge is 0.465 e. The van der Waals surface area contributed by atoms with Crippen LogP contribution in [-0.4, -0.2) is 28.5 Å². The molecule has 0 aliphatic carbocycles. The number of benzene rings is 2. The molecule has 0 fully saturated rings. The van der Waals surface area contributed by atoms with Crippen molar-refractivity contribution in [2.75, 3.05) is 7.11 Å². The van der Waals surface area contributed by atoms with Crippen molar-refractivity contribution in [3.05, 3.63) is 72.2 Å². The second kappa shape index (κ2) is 7.00. The monoisotopic (exact) mass is 335 g/mol. The number of carbonyl (C=O) groups is 2. The zero-order chi connectivity index (χ0) is 17.8. The van der Waals surface area contributed by atoms with Gasteiger partial charge in [0.15, 0.2) is 0 Å². The summed E-state index contributed by atoms with van der Waals surface area (Å²) >= 11 is 0. The first-order valence-corrected chi connectivity index (χ1v) is 7.68. The lowest BCUT2D eigenvalue weighted by Gasteiger charge is -2.07. The van der Waals surface area contributed by atoms with Crippen molar-refractivity contribution < 1.29 is 14.3 Å². The summed E-state index contributed by atoms with van der Waals surface area (Å²) in [7, 11) is 3.10. The minimum Gasteiger partial charge on any atom is -0.465 e. The van der Waals surface area contributed by atoms with E-state index in [1.807, 2.05) is 30.3 Å². The number of aromatic nitrogens is 2. The van der Waals surface area contributed by atoms with Gasteiger partial charge in [-0.25, -0.2) is 9.78 Å². The van der Waals surface area contributed by atoms with Gasteiger partial charge in [0.25, 0.3) is 5.91 Å². The first kappa shape index (κ1) is 16.4. The number of imidazole rings is 1. The highest BCUT2D eigenvalue weighted by molar-refractivity contribution is 6.16. The molecule has 0 saturated carbocycles. The SMILES string of the molecule is COC(=O)/C(=C/NC(=O)c1ccccc1)c1nc2ccccc2n1C. The number of hydrogen-bond acceptors (Lipinski definition) is 4. The fourth-order valence-electron chi connectivity index (χ4n) is 2.52. The molecule has 1 N–H and O–H groups in total. The van der Waals surface area contributed by atoms with E-state index in [0.717, 1.165) is 11.0 Å². The van der Waals surface area contributed by atoms with Crippen LogP contribution in [0.4, 0.5) is 0 Å². The zero-order valence-corrected chi connectivity index (χ0v) is 13.9. The number of amides is 1. The van der Waals surface area contributed by atoms with Crippen LogP contribution in [0.1, 0.15) is 16.2 Å². The minimum absolute atomic E-state index is 0.172. The predicted molar refractivity (Wildman–Crippen MR) is 94.6 cm³/mol. The van der Waals surface area contributed by atoms with Crippen molar-refractivity contribution in [1.82, 2.24) is 14.9 Å². The quantitative estimate of drug-likeness (QED) is 0.587. The van der Waals surface area contributed by atoms with Crippen LogP contribution in [0.3, 0.4) is 0 Å². The number of aryl methyl sites for hydroxylation is 1. The van der Waals surface area contributed by atoms with Crippen molar-refractivity contribution in [1.29, 1.82) is 0 Å². The van der Waals surface area contributed by atoms with Crippen LogP contribution in [0, 0.1) is 0 Å². The van der Waals surface area contributed by atoms with Gasteiger partial charge in [-0.1, -0.05) is 30.3 Å².